The molecule has 9 heteroatoms. The predicted molar refractivity (Wildman–Crippen MR) is 53.6 cm³/mol. The molecule has 0 amide bonds. The van der Waals surface area contributed by atoms with Gasteiger partial charge in [-0.3, -0.25) is 0 Å². The Labute approximate surface area is 101 Å². The van der Waals surface area contributed by atoms with Gasteiger partial charge in [0.1, 0.15) is 13.2 Å². The maximum atomic E-state index is 11.8. The normalized spacial score (nSPS) is 12.0. The summed E-state index contributed by atoms with van der Waals surface area (Å²) >= 11 is 0. The number of alkyl halides is 3. The minimum Gasteiger partial charge on any atom is -0.383 e. The van der Waals surface area contributed by atoms with Gasteiger partial charge < -0.3 is 19.3 Å². The van der Waals surface area contributed by atoms with Crippen molar-refractivity contribution in [2.45, 2.75) is 19.3 Å². The lowest BCUT2D eigenvalue weighted by Crippen LogP contribution is -2.18. The summed E-state index contributed by atoms with van der Waals surface area (Å²) in [5, 5.41) is 6.44. The third kappa shape index (κ3) is 6.52. The second-order valence-corrected chi connectivity index (χ2v) is 3.38. The van der Waals surface area contributed by atoms with E-state index in [1.165, 1.54) is 0 Å². The smallest absolute Gasteiger partial charge is 0.383 e. The van der Waals surface area contributed by atoms with Gasteiger partial charge >= 0.3 is 6.18 Å². The average molecular weight is 269 g/mol. The molecule has 0 radical (unpaired) electrons. The van der Waals surface area contributed by atoms with Gasteiger partial charge in [0.15, 0.2) is 5.82 Å². The first kappa shape index (κ1) is 14.9. The lowest BCUT2D eigenvalue weighted by atomic mass is 10.5. The summed E-state index contributed by atoms with van der Waals surface area (Å²) < 4.78 is 49.4. The van der Waals surface area contributed by atoms with Crippen LogP contribution in [0.1, 0.15) is 11.7 Å². The monoisotopic (exact) mass is 269 g/mol. The summed E-state index contributed by atoms with van der Waals surface area (Å²) in [7, 11) is 1.57. The van der Waals surface area contributed by atoms with Crippen LogP contribution in [-0.2, 0) is 22.6 Å². The van der Waals surface area contributed by atoms with Gasteiger partial charge in [-0.05, 0) is 0 Å². The van der Waals surface area contributed by atoms with E-state index in [0.29, 0.717) is 19.7 Å². The summed E-state index contributed by atoms with van der Waals surface area (Å²) in [5.74, 6) is 0.375. The van der Waals surface area contributed by atoms with Gasteiger partial charge in [-0.2, -0.15) is 18.2 Å². The summed E-state index contributed by atoms with van der Waals surface area (Å²) in [4.78, 5) is 3.85. The molecule has 0 unspecified atom stereocenters. The fourth-order valence-electron chi connectivity index (χ4n) is 1.05. The molecule has 0 aliphatic rings. The van der Waals surface area contributed by atoms with E-state index < -0.39 is 12.8 Å². The summed E-state index contributed by atoms with van der Waals surface area (Å²) in [6.45, 7) is -0.186. The number of halogens is 3. The molecule has 0 spiro atoms. The Hall–Kier alpha value is -1.19. The van der Waals surface area contributed by atoms with E-state index in [2.05, 4.69) is 20.2 Å². The fourth-order valence-corrected chi connectivity index (χ4v) is 1.05. The number of methoxy groups -OCH3 is 1. The predicted octanol–water partition coefficient (Wildman–Crippen LogP) is 0.884. The van der Waals surface area contributed by atoms with Crippen molar-refractivity contribution >= 4 is 0 Å². The Morgan fingerprint density at radius 3 is 2.83 bits per heavy atom. The van der Waals surface area contributed by atoms with Crippen molar-refractivity contribution in [1.82, 2.24) is 15.5 Å². The molecule has 1 aromatic heterocycles. The third-order valence-corrected chi connectivity index (χ3v) is 1.77. The third-order valence-electron chi connectivity index (χ3n) is 1.77. The number of hydrogen-bond acceptors (Lipinski definition) is 6. The molecule has 0 saturated carbocycles. The van der Waals surface area contributed by atoms with Gasteiger partial charge in [0.05, 0.1) is 13.2 Å². The molecule has 1 rings (SSSR count). The maximum Gasteiger partial charge on any atom is 0.411 e. The van der Waals surface area contributed by atoms with Crippen molar-refractivity contribution in [3.05, 3.63) is 11.7 Å². The second-order valence-electron chi connectivity index (χ2n) is 3.38. The van der Waals surface area contributed by atoms with E-state index in [1.54, 1.807) is 7.11 Å². The van der Waals surface area contributed by atoms with Crippen LogP contribution in [0.5, 0.6) is 0 Å². The van der Waals surface area contributed by atoms with Crippen molar-refractivity contribution in [3.63, 3.8) is 0 Å². The molecule has 0 aliphatic carbocycles. The quantitative estimate of drug-likeness (QED) is 0.707. The van der Waals surface area contributed by atoms with Gasteiger partial charge in [0, 0.05) is 13.7 Å². The van der Waals surface area contributed by atoms with Crippen LogP contribution in [-0.4, -0.2) is 43.2 Å². The summed E-state index contributed by atoms with van der Waals surface area (Å²) in [6.07, 6.45) is -4.35. The van der Waals surface area contributed by atoms with Crippen molar-refractivity contribution in [3.8, 4) is 0 Å². The highest BCUT2D eigenvalue weighted by Crippen LogP contribution is 2.15. The zero-order valence-corrected chi connectivity index (χ0v) is 9.79. The molecule has 1 heterocycles. The number of ether oxygens (including phenoxy) is 2. The first-order valence-electron chi connectivity index (χ1n) is 5.17. The largest absolute Gasteiger partial charge is 0.411 e. The number of rotatable bonds is 8. The van der Waals surface area contributed by atoms with Gasteiger partial charge in [-0.1, -0.05) is 5.16 Å². The Bertz CT molecular complexity index is 343. The maximum absolute atomic E-state index is 11.8. The van der Waals surface area contributed by atoms with E-state index in [4.69, 9.17) is 9.26 Å². The highest BCUT2D eigenvalue weighted by Gasteiger charge is 2.27. The Balaban J connectivity index is 2.21. The average Bonchev–Trinajstić information content (AvgIpc) is 2.71. The molecular formula is C9H14F3N3O3. The second kappa shape index (κ2) is 7.29. The highest BCUT2D eigenvalue weighted by atomic mass is 19.4. The first-order chi connectivity index (χ1) is 8.51. The van der Waals surface area contributed by atoms with Crippen LogP contribution in [0.25, 0.3) is 0 Å². The van der Waals surface area contributed by atoms with E-state index in [1.807, 2.05) is 0 Å². The molecule has 0 atom stereocenters. The van der Waals surface area contributed by atoms with Gasteiger partial charge in [-0.25, -0.2) is 0 Å². The minimum absolute atomic E-state index is 0.0859. The Morgan fingerprint density at radius 2 is 2.17 bits per heavy atom. The highest BCUT2D eigenvalue weighted by molar-refractivity contribution is 4.83. The van der Waals surface area contributed by atoms with E-state index in [0.717, 1.165) is 0 Å². The molecule has 0 aliphatic heterocycles. The molecule has 18 heavy (non-hydrogen) atoms. The van der Waals surface area contributed by atoms with Crippen LogP contribution in [0.3, 0.4) is 0 Å². The molecule has 0 saturated heterocycles. The fraction of sp³-hybridized carbons (Fsp3) is 0.778. The lowest BCUT2D eigenvalue weighted by Gasteiger charge is -2.04. The van der Waals surface area contributed by atoms with Crippen molar-refractivity contribution in [2.75, 3.05) is 26.9 Å². The van der Waals surface area contributed by atoms with Crippen LogP contribution in [0.2, 0.25) is 0 Å². The Morgan fingerprint density at radius 1 is 1.39 bits per heavy atom. The van der Waals surface area contributed by atoms with Crippen LogP contribution >= 0.6 is 0 Å². The lowest BCUT2D eigenvalue weighted by molar-refractivity contribution is -0.177. The van der Waals surface area contributed by atoms with E-state index in [9.17, 15) is 13.2 Å². The zero-order valence-electron chi connectivity index (χ0n) is 9.79. The number of nitrogens with one attached hydrogen (secondary N) is 1. The molecule has 0 bridgehead atoms. The molecular weight excluding hydrogens is 255 g/mol. The topological polar surface area (TPSA) is 69.4 Å². The molecule has 0 fully saturated rings. The SMILES string of the molecule is COCCNCc1nc(COCC(F)(F)F)no1. The molecule has 104 valence electrons. The zero-order chi connectivity index (χ0) is 13.4. The van der Waals surface area contributed by atoms with Gasteiger partial charge in [-0.15, -0.1) is 0 Å². The molecule has 0 aromatic carbocycles. The van der Waals surface area contributed by atoms with Crippen LogP contribution in [0.15, 0.2) is 4.52 Å². The van der Waals surface area contributed by atoms with Crippen LogP contribution < -0.4 is 5.32 Å². The molecule has 6 nitrogen and oxygen atoms in total. The minimum atomic E-state index is -4.35. The van der Waals surface area contributed by atoms with Crippen LogP contribution in [0.4, 0.5) is 13.2 Å². The standard InChI is InChI=1S/C9H14F3N3O3/c1-16-3-2-13-4-8-14-7(15-18-8)5-17-6-9(10,11)12/h13H,2-6H2,1H3. The van der Waals surface area contributed by atoms with Crippen molar-refractivity contribution in [1.29, 1.82) is 0 Å². The van der Waals surface area contributed by atoms with Gasteiger partial charge in [0.25, 0.3) is 0 Å². The van der Waals surface area contributed by atoms with E-state index in [-0.39, 0.29) is 18.3 Å². The molecule has 1 aromatic rings. The number of hydrogen-bond donors (Lipinski definition) is 1. The van der Waals surface area contributed by atoms with Gasteiger partial charge in [0.2, 0.25) is 5.89 Å². The van der Waals surface area contributed by atoms with E-state index >= 15 is 0 Å². The summed E-state index contributed by atoms with van der Waals surface area (Å²) in [6, 6.07) is 0. The Kier molecular flexibility index (Phi) is 6.02. The van der Waals surface area contributed by atoms with Crippen molar-refractivity contribution < 1.29 is 27.2 Å². The van der Waals surface area contributed by atoms with Crippen LogP contribution in [0, 0.1) is 0 Å². The number of aromatic nitrogens is 2. The summed E-state index contributed by atoms with van der Waals surface area (Å²) in [5.41, 5.74) is 0. The first-order valence-corrected chi connectivity index (χ1v) is 5.17. The number of nitrogens with zero attached hydrogens (tertiary/aromatic N) is 2. The molecule has 1 N–H and O–H groups in total. The van der Waals surface area contributed by atoms with Crippen molar-refractivity contribution in [2.24, 2.45) is 0 Å².